The topological polar surface area (TPSA) is 65.0 Å². The maximum Gasteiger partial charge on any atom is 0.191 e. The summed E-state index contributed by atoms with van der Waals surface area (Å²) in [6, 6.07) is 6.58. The van der Waals surface area contributed by atoms with Crippen LogP contribution >= 0.6 is 0 Å². The van der Waals surface area contributed by atoms with Crippen molar-refractivity contribution in [1.29, 1.82) is 0 Å². The van der Waals surface area contributed by atoms with Crippen LogP contribution in [-0.4, -0.2) is 75.9 Å². The first-order valence-corrected chi connectivity index (χ1v) is 10.0. The minimum Gasteiger partial charge on any atom is -0.381 e. The van der Waals surface area contributed by atoms with Gasteiger partial charge in [-0.1, -0.05) is 6.07 Å². The summed E-state index contributed by atoms with van der Waals surface area (Å²) in [5.41, 5.74) is 1.01. The highest BCUT2D eigenvalue weighted by atomic mass is 16.5. The van der Waals surface area contributed by atoms with Crippen LogP contribution in [0.1, 0.15) is 25.0 Å². The van der Waals surface area contributed by atoms with Crippen molar-refractivity contribution >= 4 is 11.8 Å². The SMILES string of the molecule is CN=C(NCc1cccc(N(C)C)n1)NC1CCN(CC2CCOC2)CC1. The van der Waals surface area contributed by atoms with Gasteiger partial charge in [0.25, 0.3) is 0 Å². The van der Waals surface area contributed by atoms with Crippen LogP contribution in [0.4, 0.5) is 5.82 Å². The zero-order valence-corrected chi connectivity index (χ0v) is 16.9. The summed E-state index contributed by atoms with van der Waals surface area (Å²) >= 11 is 0. The number of anilines is 1. The third kappa shape index (κ3) is 6.07. The molecule has 27 heavy (non-hydrogen) atoms. The molecule has 2 saturated heterocycles. The van der Waals surface area contributed by atoms with Gasteiger partial charge in [-0.15, -0.1) is 0 Å². The fourth-order valence-corrected chi connectivity index (χ4v) is 3.73. The van der Waals surface area contributed by atoms with Crippen LogP contribution in [0.5, 0.6) is 0 Å². The number of pyridine rings is 1. The van der Waals surface area contributed by atoms with Gasteiger partial charge in [-0.25, -0.2) is 4.98 Å². The molecule has 3 rings (SSSR count). The molecule has 1 atom stereocenters. The zero-order chi connectivity index (χ0) is 19.1. The molecule has 2 fully saturated rings. The number of guanidine groups is 1. The van der Waals surface area contributed by atoms with E-state index in [0.29, 0.717) is 12.6 Å². The second-order valence-electron chi connectivity index (χ2n) is 7.76. The summed E-state index contributed by atoms with van der Waals surface area (Å²) in [6.07, 6.45) is 3.53. The molecular weight excluding hydrogens is 340 g/mol. The first-order valence-electron chi connectivity index (χ1n) is 10.0. The number of piperidine rings is 1. The Morgan fingerprint density at radius 3 is 2.78 bits per heavy atom. The fraction of sp³-hybridized carbons (Fsp3) is 0.700. The first-order chi connectivity index (χ1) is 13.1. The van der Waals surface area contributed by atoms with Gasteiger partial charge in [-0.2, -0.15) is 0 Å². The minimum absolute atomic E-state index is 0.480. The van der Waals surface area contributed by atoms with E-state index in [-0.39, 0.29) is 0 Å². The second-order valence-corrected chi connectivity index (χ2v) is 7.76. The first kappa shape index (κ1) is 19.9. The summed E-state index contributed by atoms with van der Waals surface area (Å²) in [4.78, 5) is 13.6. The fourth-order valence-electron chi connectivity index (χ4n) is 3.73. The number of aliphatic imine (C=N–C) groups is 1. The Labute approximate surface area is 163 Å². The molecule has 3 heterocycles. The molecular formula is C20H34N6O. The standard InChI is InChI=1S/C20H34N6O/c1-21-20(22-13-18-5-4-6-19(23-18)25(2)3)24-17-7-10-26(11-8-17)14-16-9-12-27-15-16/h4-6,16-17H,7-15H2,1-3H3,(H2,21,22,24). The molecule has 7 nitrogen and oxygen atoms in total. The van der Waals surface area contributed by atoms with E-state index in [1.807, 2.05) is 44.2 Å². The van der Waals surface area contributed by atoms with Crippen molar-refractivity contribution in [3.63, 3.8) is 0 Å². The van der Waals surface area contributed by atoms with Gasteiger partial charge in [0.15, 0.2) is 5.96 Å². The van der Waals surface area contributed by atoms with Crippen molar-refractivity contribution in [2.24, 2.45) is 10.9 Å². The highest BCUT2D eigenvalue weighted by Gasteiger charge is 2.24. The Bertz CT molecular complexity index is 606. The van der Waals surface area contributed by atoms with E-state index in [1.165, 1.54) is 13.0 Å². The molecule has 0 amide bonds. The number of rotatable bonds is 6. The Morgan fingerprint density at radius 2 is 2.11 bits per heavy atom. The predicted molar refractivity (Wildman–Crippen MR) is 110 cm³/mol. The Hall–Kier alpha value is -1.86. The maximum atomic E-state index is 5.50. The molecule has 0 spiro atoms. The van der Waals surface area contributed by atoms with Gasteiger partial charge in [0, 0.05) is 53.4 Å². The summed E-state index contributed by atoms with van der Waals surface area (Å²) < 4.78 is 5.50. The number of hydrogen-bond acceptors (Lipinski definition) is 5. The lowest BCUT2D eigenvalue weighted by Crippen LogP contribution is -2.49. The zero-order valence-electron chi connectivity index (χ0n) is 16.9. The van der Waals surface area contributed by atoms with Crippen LogP contribution in [0.15, 0.2) is 23.2 Å². The summed E-state index contributed by atoms with van der Waals surface area (Å²) in [6.45, 7) is 6.04. The molecule has 2 aliphatic rings. The van der Waals surface area contributed by atoms with Gasteiger partial charge in [-0.05, 0) is 37.3 Å². The Morgan fingerprint density at radius 1 is 1.30 bits per heavy atom. The number of nitrogens with zero attached hydrogens (tertiary/aromatic N) is 4. The lowest BCUT2D eigenvalue weighted by molar-refractivity contribution is 0.150. The van der Waals surface area contributed by atoms with Crippen molar-refractivity contribution in [2.45, 2.75) is 31.8 Å². The number of nitrogens with one attached hydrogen (secondary N) is 2. The van der Waals surface area contributed by atoms with Gasteiger partial charge >= 0.3 is 0 Å². The van der Waals surface area contributed by atoms with Crippen LogP contribution in [0.3, 0.4) is 0 Å². The molecule has 0 aromatic carbocycles. The molecule has 150 valence electrons. The molecule has 7 heteroatoms. The van der Waals surface area contributed by atoms with Crippen LogP contribution in [-0.2, 0) is 11.3 Å². The number of likely N-dealkylation sites (tertiary alicyclic amines) is 1. The van der Waals surface area contributed by atoms with E-state index >= 15 is 0 Å². The van der Waals surface area contributed by atoms with Crippen molar-refractivity contribution in [1.82, 2.24) is 20.5 Å². The van der Waals surface area contributed by atoms with Crippen molar-refractivity contribution in [3.05, 3.63) is 23.9 Å². The van der Waals surface area contributed by atoms with Gasteiger partial charge in [0.2, 0.25) is 0 Å². The smallest absolute Gasteiger partial charge is 0.191 e. The predicted octanol–water partition coefficient (Wildman–Crippen LogP) is 1.31. The van der Waals surface area contributed by atoms with Crippen LogP contribution in [0.25, 0.3) is 0 Å². The highest BCUT2D eigenvalue weighted by Crippen LogP contribution is 2.17. The average molecular weight is 375 g/mol. The molecule has 1 aromatic rings. The third-order valence-electron chi connectivity index (χ3n) is 5.38. The minimum atomic E-state index is 0.480. The van der Waals surface area contributed by atoms with E-state index in [9.17, 15) is 0 Å². The summed E-state index contributed by atoms with van der Waals surface area (Å²) in [5.74, 6) is 2.56. The maximum absolute atomic E-state index is 5.50. The molecule has 0 aliphatic carbocycles. The van der Waals surface area contributed by atoms with E-state index in [4.69, 9.17) is 4.74 Å². The van der Waals surface area contributed by atoms with Crippen LogP contribution in [0, 0.1) is 5.92 Å². The van der Waals surface area contributed by atoms with Gasteiger partial charge in [-0.3, -0.25) is 4.99 Å². The molecule has 0 saturated carbocycles. The van der Waals surface area contributed by atoms with Crippen molar-refractivity contribution in [2.75, 3.05) is 58.9 Å². The Balaban J connectivity index is 1.41. The highest BCUT2D eigenvalue weighted by molar-refractivity contribution is 5.79. The lowest BCUT2D eigenvalue weighted by atomic mass is 10.0. The van der Waals surface area contributed by atoms with E-state index < -0.39 is 0 Å². The number of ether oxygens (including phenoxy) is 1. The van der Waals surface area contributed by atoms with E-state index in [2.05, 4.69) is 25.5 Å². The summed E-state index contributed by atoms with van der Waals surface area (Å²) in [7, 11) is 5.84. The summed E-state index contributed by atoms with van der Waals surface area (Å²) in [5, 5.41) is 6.97. The van der Waals surface area contributed by atoms with E-state index in [1.54, 1.807) is 0 Å². The van der Waals surface area contributed by atoms with Crippen LogP contribution < -0.4 is 15.5 Å². The van der Waals surface area contributed by atoms with Gasteiger partial charge < -0.3 is 25.2 Å². The number of hydrogen-bond donors (Lipinski definition) is 2. The van der Waals surface area contributed by atoms with Crippen molar-refractivity contribution < 1.29 is 4.74 Å². The quantitative estimate of drug-likeness (QED) is 0.578. The number of aromatic nitrogens is 1. The largest absolute Gasteiger partial charge is 0.381 e. The molecule has 0 radical (unpaired) electrons. The third-order valence-corrected chi connectivity index (χ3v) is 5.38. The average Bonchev–Trinajstić information content (AvgIpc) is 3.19. The van der Waals surface area contributed by atoms with E-state index in [0.717, 1.165) is 62.5 Å². The second kappa shape index (κ2) is 9.90. The van der Waals surface area contributed by atoms with Crippen LogP contribution in [0.2, 0.25) is 0 Å². The van der Waals surface area contributed by atoms with Gasteiger partial charge in [0.1, 0.15) is 5.82 Å². The monoisotopic (exact) mass is 374 g/mol. The normalized spacial score (nSPS) is 22.0. The molecule has 1 unspecified atom stereocenters. The molecule has 2 N–H and O–H groups in total. The van der Waals surface area contributed by atoms with Gasteiger partial charge in [0.05, 0.1) is 18.8 Å². The molecule has 0 bridgehead atoms. The molecule has 1 aromatic heterocycles. The van der Waals surface area contributed by atoms with Crippen molar-refractivity contribution in [3.8, 4) is 0 Å². The Kier molecular flexibility index (Phi) is 7.29. The lowest BCUT2D eigenvalue weighted by Gasteiger charge is -2.34. The molecule has 2 aliphatic heterocycles.